The predicted molar refractivity (Wildman–Crippen MR) is 78.6 cm³/mol. The van der Waals surface area contributed by atoms with Gasteiger partial charge < -0.3 is 9.83 Å². The second kappa shape index (κ2) is 4.49. The average Bonchev–Trinajstić information content (AvgIpc) is 2.78. The van der Waals surface area contributed by atoms with Crippen molar-refractivity contribution >= 4 is 35.1 Å². The van der Waals surface area contributed by atoms with Crippen LogP contribution in [0, 0.1) is 0 Å². The van der Waals surface area contributed by atoms with Crippen molar-refractivity contribution in [3.8, 4) is 0 Å². The van der Waals surface area contributed by atoms with Gasteiger partial charge in [-0.05, 0) is 29.2 Å². The number of hydrogen-bond acceptors (Lipinski definition) is 2. The molecule has 1 aliphatic heterocycles. The lowest BCUT2D eigenvalue weighted by molar-refractivity contribution is 0.569. The first-order valence-corrected chi connectivity index (χ1v) is 6.78. The fourth-order valence-corrected chi connectivity index (χ4v) is 3.12. The number of rotatable bonds is 2. The van der Waals surface area contributed by atoms with E-state index >= 15 is 0 Å². The van der Waals surface area contributed by atoms with Gasteiger partial charge in [-0.25, -0.2) is 0 Å². The smallest absolute Gasteiger partial charge is 0.409 e. The Hall–Kier alpha value is -1.19. The highest BCUT2D eigenvalue weighted by molar-refractivity contribution is 6.54. The largest absolute Gasteiger partial charge is 0.432 e. The van der Waals surface area contributed by atoms with Crippen LogP contribution in [0.1, 0.15) is 11.5 Å². The number of alkyl halides is 1. The molecule has 2 aromatic rings. The zero-order chi connectivity index (χ0) is 12.7. The van der Waals surface area contributed by atoms with E-state index in [0.29, 0.717) is 11.8 Å². The van der Waals surface area contributed by atoms with E-state index in [1.165, 1.54) is 16.3 Å². The summed E-state index contributed by atoms with van der Waals surface area (Å²) in [5, 5.41) is 12.4. The molecule has 1 heterocycles. The third-order valence-corrected chi connectivity index (χ3v) is 4.09. The second-order valence-electron chi connectivity index (χ2n) is 4.85. The second-order valence-corrected chi connectivity index (χ2v) is 5.16. The average molecular weight is 260 g/mol. The zero-order valence-corrected chi connectivity index (χ0v) is 11.1. The minimum Gasteiger partial charge on any atom is -0.432 e. The molecule has 0 saturated carbocycles. The Balaban J connectivity index is 2.25. The van der Waals surface area contributed by atoms with Gasteiger partial charge >= 0.3 is 7.05 Å². The van der Waals surface area contributed by atoms with Crippen LogP contribution in [0.2, 0.25) is 6.82 Å². The number of benzene rings is 2. The molecular weight excluding hydrogens is 244 g/mol. The van der Waals surface area contributed by atoms with Crippen molar-refractivity contribution in [2.45, 2.75) is 12.7 Å². The van der Waals surface area contributed by atoms with Crippen LogP contribution >= 0.6 is 11.6 Å². The standard InChI is InChI=1S/C14H15BClNO/c1-15(18)17-9-11(8-16)14-12-5-3-2-4-10(12)6-7-13(14)17/h2-7,11,18H,8-9H2,1H3. The van der Waals surface area contributed by atoms with Gasteiger partial charge in [-0.2, -0.15) is 0 Å². The van der Waals surface area contributed by atoms with Gasteiger partial charge in [-0.3, -0.25) is 0 Å². The normalized spacial score (nSPS) is 18.2. The molecule has 4 heteroatoms. The summed E-state index contributed by atoms with van der Waals surface area (Å²) in [5.74, 6) is 0.881. The summed E-state index contributed by atoms with van der Waals surface area (Å²) in [7, 11) is -0.474. The van der Waals surface area contributed by atoms with Crippen LogP contribution in [0.25, 0.3) is 10.8 Å². The molecule has 0 amide bonds. The van der Waals surface area contributed by atoms with Crippen LogP contribution in [-0.4, -0.2) is 24.5 Å². The van der Waals surface area contributed by atoms with Crippen LogP contribution in [-0.2, 0) is 0 Å². The van der Waals surface area contributed by atoms with Gasteiger partial charge in [0.05, 0.1) is 0 Å². The molecule has 1 N–H and O–H groups in total. The van der Waals surface area contributed by atoms with Gasteiger partial charge in [0.15, 0.2) is 0 Å². The predicted octanol–water partition coefficient (Wildman–Crippen LogP) is 3.09. The maximum absolute atomic E-state index is 9.87. The summed E-state index contributed by atoms with van der Waals surface area (Å²) >= 11 is 6.10. The van der Waals surface area contributed by atoms with Crippen molar-refractivity contribution in [1.29, 1.82) is 0 Å². The first kappa shape index (κ1) is 11.9. The fraction of sp³-hybridized carbons (Fsp3) is 0.286. The summed E-state index contributed by atoms with van der Waals surface area (Å²) < 4.78 is 0. The molecule has 2 aromatic carbocycles. The topological polar surface area (TPSA) is 23.5 Å². The third-order valence-electron chi connectivity index (χ3n) is 3.72. The maximum Gasteiger partial charge on any atom is 0.409 e. The number of nitrogens with zero attached hydrogens (tertiary/aromatic N) is 1. The van der Waals surface area contributed by atoms with E-state index in [9.17, 15) is 5.02 Å². The van der Waals surface area contributed by atoms with E-state index < -0.39 is 7.05 Å². The molecule has 1 aliphatic rings. The number of anilines is 1. The highest BCUT2D eigenvalue weighted by atomic mass is 35.5. The van der Waals surface area contributed by atoms with Crippen molar-refractivity contribution < 1.29 is 5.02 Å². The monoisotopic (exact) mass is 259 g/mol. The molecule has 0 fully saturated rings. The zero-order valence-electron chi connectivity index (χ0n) is 10.3. The Morgan fingerprint density at radius 3 is 2.83 bits per heavy atom. The van der Waals surface area contributed by atoms with Crippen molar-refractivity contribution in [3.63, 3.8) is 0 Å². The van der Waals surface area contributed by atoms with Gasteiger partial charge in [-0.15, -0.1) is 11.6 Å². The summed E-state index contributed by atoms with van der Waals surface area (Å²) in [4.78, 5) is 2.02. The van der Waals surface area contributed by atoms with Crippen LogP contribution in [0.4, 0.5) is 5.69 Å². The molecular formula is C14H15BClNO. The molecule has 1 unspecified atom stereocenters. The highest BCUT2D eigenvalue weighted by Crippen LogP contribution is 2.41. The molecule has 0 radical (unpaired) electrons. The molecule has 2 nitrogen and oxygen atoms in total. The SMILES string of the molecule is CB(O)N1CC(CCl)c2c1ccc1ccccc21. The Morgan fingerprint density at radius 2 is 2.11 bits per heavy atom. The summed E-state index contributed by atoms with van der Waals surface area (Å²) in [5.41, 5.74) is 2.40. The van der Waals surface area contributed by atoms with Crippen molar-refractivity contribution in [2.24, 2.45) is 0 Å². The van der Waals surface area contributed by atoms with Crippen molar-refractivity contribution in [3.05, 3.63) is 42.0 Å². The first-order chi connectivity index (χ1) is 8.72. The summed E-state index contributed by atoms with van der Waals surface area (Å²) in [6.45, 7) is 2.60. The quantitative estimate of drug-likeness (QED) is 0.662. The van der Waals surface area contributed by atoms with Crippen LogP contribution < -0.4 is 4.81 Å². The van der Waals surface area contributed by atoms with E-state index in [4.69, 9.17) is 11.6 Å². The molecule has 0 bridgehead atoms. The minimum atomic E-state index is -0.474. The summed E-state index contributed by atoms with van der Waals surface area (Å²) in [6, 6.07) is 12.6. The van der Waals surface area contributed by atoms with Crippen molar-refractivity contribution in [2.75, 3.05) is 17.2 Å². The number of fused-ring (bicyclic) bond motifs is 3. The van der Waals surface area contributed by atoms with Gasteiger partial charge in [0.1, 0.15) is 0 Å². The molecule has 0 aromatic heterocycles. The van der Waals surface area contributed by atoms with Gasteiger partial charge in [0.2, 0.25) is 0 Å². The van der Waals surface area contributed by atoms with E-state index in [1.807, 2.05) is 10.9 Å². The van der Waals surface area contributed by atoms with Crippen LogP contribution in [0.15, 0.2) is 36.4 Å². The fourth-order valence-electron chi connectivity index (χ4n) is 2.87. The van der Waals surface area contributed by atoms with Crippen molar-refractivity contribution in [1.82, 2.24) is 0 Å². The van der Waals surface area contributed by atoms with Gasteiger partial charge in [0, 0.05) is 24.0 Å². The lowest BCUT2D eigenvalue weighted by Gasteiger charge is -2.20. The minimum absolute atomic E-state index is 0.294. The van der Waals surface area contributed by atoms with Gasteiger partial charge in [0.25, 0.3) is 0 Å². The summed E-state index contributed by atoms with van der Waals surface area (Å²) in [6.07, 6.45) is 0. The molecule has 18 heavy (non-hydrogen) atoms. The Kier molecular flexibility index (Phi) is 2.96. The number of halogens is 1. The van der Waals surface area contributed by atoms with Crippen LogP contribution in [0.5, 0.6) is 0 Å². The lowest BCUT2D eigenvalue weighted by Crippen LogP contribution is -2.36. The van der Waals surface area contributed by atoms with Crippen LogP contribution in [0.3, 0.4) is 0 Å². The molecule has 1 atom stereocenters. The third kappa shape index (κ3) is 1.70. The number of hydrogen-bond donors (Lipinski definition) is 1. The molecule has 0 aliphatic carbocycles. The molecule has 0 spiro atoms. The molecule has 92 valence electrons. The Bertz CT molecular complexity index is 587. The van der Waals surface area contributed by atoms with Gasteiger partial charge in [-0.1, -0.05) is 30.3 Å². The van der Waals surface area contributed by atoms with E-state index in [0.717, 1.165) is 12.2 Å². The maximum atomic E-state index is 9.87. The Morgan fingerprint density at radius 1 is 1.33 bits per heavy atom. The highest BCUT2D eigenvalue weighted by Gasteiger charge is 2.33. The Labute approximate surface area is 112 Å². The van der Waals surface area contributed by atoms with E-state index in [1.54, 1.807) is 6.82 Å². The molecule has 0 saturated heterocycles. The van der Waals surface area contributed by atoms with E-state index in [-0.39, 0.29) is 0 Å². The first-order valence-electron chi connectivity index (χ1n) is 6.24. The lowest BCUT2D eigenvalue weighted by atomic mass is 9.85. The van der Waals surface area contributed by atoms with E-state index in [2.05, 4.69) is 30.3 Å². The molecule has 3 rings (SSSR count).